The molecule has 5 rings (SSSR count). The lowest BCUT2D eigenvalue weighted by Crippen LogP contribution is -2.57. The van der Waals surface area contributed by atoms with Crippen molar-refractivity contribution in [3.05, 3.63) is 23.8 Å². The average Bonchev–Trinajstić information content (AvgIpc) is 3.37. The van der Waals surface area contributed by atoms with E-state index in [9.17, 15) is 19.2 Å². The van der Waals surface area contributed by atoms with Gasteiger partial charge in [-0.15, -0.1) is 0 Å². The third-order valence-corrected chi connectivity index (χ3v) is 9.81. The van der Waals surface area contributed by atoms with Gasteiger partial charge in [-0.05, 0) is 51.0 Å². The monoisotopic (exact) mass is 614 g/mol. The maximum Gasteiger partial charge on any atom is 0.249 e. The van der Waals surface area contributed by atoms with Crippen LogP contribution in [0, 0.1) is 11.8 Å². The standard InChI is InChI=1S/C33H50N4O7/c1-5-8-23(28-29(43-28)30(34)39)35-31(40)24-17-22-18-37(24)32(41)27(21-9-6-7-10-21)36-26(38)16-20-12-11-19(2)25(15-20)42-14-13-33(3,4)44-22/h11-12,15,19,21-25,27-29H,5-10,13-14,16-18H2,1-4H3,(H2,34,39)(H,35,40)(H,36,38)/t19?,22-,23?,24+,25?,27+,28?,29?/m1/s1. The lowest BCUT2D eigenvalue weighted by molar-refractivity contribution is -0.143. The summed E-state index contributed by atoms with van der Waals surface area (Å²) in [5.74, 6) is -1.14. The van der Waals surface area contributed by atoms with Gasteiger partial charge in [-0.1, -0.05) is 51.3 Å². The van der Waals surface area contributed by atoms with Gasteiger partial charge >= 0.3 is 0 Å². The zero-order valence-corrected chi connectivity index (χ0v) is 26.6. The summed E-state index contributed by atoms with van der Waals surface area (Å²) in [7, 11) is 0. The number of primary amides is 1. The number of allylic oxidation sites excluding steroid dienone is 1. The van der Waals surface area contributed by atoms with Gasteiger partial charge in [0, 0.05) is 18.9 Å². The molecule has 3 fully saturated rings. The van der Waals surface area contributed by atoms with Gasteiger partial charge in [0.05, 0.1) is 36.9 Å². The predicted molar refractivity (Wildman–Crippen MR) is 163 cm³/mol. The molecule has 4 N–H and O–H groups in total. The lowest BCUT2D eigenvalue weighted by Gasteiger charge is -2.33. The van der Waals surface area contributed by atoms with E-state index >= 15 is 0 Å². The summed E-state index contributed by atoms with van der Waals surface area (Å²) in [6.07, 6.45) is 10.5. The first-order valence-corrected chi connectivity index (χ1v) is 16.5. The second kappa shape index (κ2) is 13.7. The van der Waals surface area contributed by atoms with Crippen molar-refractivity contribution in [2.75, 3.05) is 13.2 Å². The highest BCUT2D eigenvalue weighted by molar-refractivity contribution is 5.93. The summed E-state index contributed by atoms with van der Waals surface area (Å²) < 4.78 is 18.3. The number of nitrogens with two attached hydrogens (primary N) is 1. The summed E-state index contributed by atoms with van der Waals surface area (Å²) in [6.45, 7) is 8.83. The number of hydrogen-bond acceptors (Lipinski definition) is 7. The van der Waals surface area contributed by atoms with E-state index in [0.29, 0.717) is 25.9 Å². The van der Waals surface area contributed by atoms with Gasteiger partial charge in [-0.2, -0.15) is 0 Å². The third kappa shape index (κ3) is 7.72. The molecule has 0 radical (unpaired) electrons. The van der Waals surface area contributed by atoms with Gasteiger partial charge < -0.3 is 35.5 Å². The van der Waals surface area contributed by atoms with Crippen molar-refractivity contribution in [2.45, 2.75) is 134 Å². The number of carbonyl (C=O) groups excluding carboxylic acids is 4. The van der Waals surface area contributed by atoms with Crippen LogP contribution >= 0.6 is 0 Å². The highest BCUT2D eigenvalue weighted by atomic mass is 16.6. The average molecular weight is 615 g/mol. The van der Waals surface area contributed by atoms with Crippen LogP contribution in [0.4, 0.5) is 0 Å². The summed E-state index contributed by atoms with van der Waals surface area (Å²) in [4.78, 5) is 55.0. The zero-order valence-electron chi connectivity index (χ0n) is 26.6. The first-order chi connectivity index (χ1) is 21.0. The summed E-state index contributed by atoms with van der Waals surface area (Å²) in [5, 5.41) is 6.15. The summed E-state index contributed by atoms with van der Waals surface area (Å²) >= 11 is 0. The van der Waals surface area contributed by atoms with Gasteiger partial charge in [-0.3, -0.25) is 19.2 Å². The van der Waals surface area contributed by atoms with Crippen molar-refractivity contribution in [3.8, 4) is 0 Å². The molecule has 244 valence electrons. The number of amides is 4. The molecular weight excluding hydrogens is 564 g/mol. The molecular formula is C33H50N4O7. The van der Waals surface area contributed by atoms with E-state index in [-0.39, 0.29) is 54.7 Å². The molecule has 3 heterocycles. The van der Waals surface area contributed by atoms with Crippen LogP contribution in [0.2, 0.25) is 0 Å². The Bertz CT molecular complexity index is 1160. The lowest BCUT2D eigenvalue weighted by atomic mass is 9.93. The van der Waals surface area contributed by atoms with Crippen LogP contribution in [0.3, 0.4) is 0 Å². The topological polar surface area (TPSA) is 153 Å². The van der Waals surface area contributed by atoms with Crippen LogP contribution in [0.25, 0.3) is 0 Å². The number of ether oxygens (including phenoxy) is 3. The van der Waals surface area contributed by atoms with Crippen LogP contribution in [-0.4, -0.2) is 89.8 Å². The quantitative estimate of drug-likeness (QED) is 0.372. The fourth-order valence-electron chi connectivity index (χ4n) is 7.27. The normalized spacial score (nSPS) is 35.1. The highest BCUT2D eigenvalue weighted by Gasteiger charge is 2.51. The molecule has 3 aliphatic heterocycles. The van der Waals surface area contributed by atoms with E-state index < -0.39 is 41.8 Å². The smallest absolute Gasteiger partial charge is 0.249 e. The zero-order chi connectivity index (χ0) is 31.6. The molecule has 2 aliphatic carbocycles. The molecule has 0 aromatic heterocycles. The fourth-order valence-corrected chi connectivity index (χ4v) is 7.27. The second-order valence-corrected chi connectivity index (χ2v) is 13.9. The Morgan fingerprint density at radius 1 is 1.23 bits per heavy atom. The second-order valence-electron chi connectivity index (χ2n) is 13.9. The Hall–Kier alpha value is -2.76. The number of epoxide rings is 1. The minimum atomic E-state index is -0.785. The van der Waals surface area contributed by atoms with E-state index in [4.69, 9.17) is 19.9 Å². The largest absolute Gasteiger partial charge is 0.373 e. The highest BCUT2D eigenvalue weighted by Crippen LogP contribution is 2.34. The molecule has 44 heavy (non-hydrogen) atoms. The Morgan fingerprint density at radius 3 is 2.66 bits per heavy atom. The molecule has 11 heteroatoms. The first-order valence-electron chi connectivity index (χ1n) is 16.5. The van der Waals surface area contributed by atoms with Crippen LogP contribution in [0.15, 0.2) is 23.8 Å². The van der Waals surface area contributed by atoms with E-state index in [1.807, 2.05) is 32.9 Å². The van der Waals surface area contributed by atoms with Gasteiger partial charge in [0.25, 0.3) is 0 Å². The Labute approximate surface area is 260 Å². The molecule has 1 saturated carbocycles. The molecule has 0 spiro atoms. The van der Waals surface area contributed by atoms with Gasteiger partial charge in [0.2, 0.25) is 23.6 Å². The van der Waals surface area contributed by atoms with Crippen molar-refractivity contribution in [3.63, 3.8) is 0 Å². The van der Waals surface area contributed by atoms with Crippen molar-refractivity contribution < 1.29 is 33.4 Å². The Morgan fingerprint density at radius 2 is 1.98 bits per heavy atom. The number of nitrogens with zero attached hydrogens (tertiary/aromatic N) is 1. The van der Waals surface area contributed by atoms with Crippen molar-refractivity contribution in [2.24, 2.45) is 17.6 Å². The Balaban J connectivity index is 1.41. The number of rotatable bonds is 7. The predicted octanol–water partition coefficient (Wildman–Crippen LogP) is 2.28. The third-order valence-electron chi connectivity index (χ3n) is 9.81. The summed E-state index contributed by atoms with van der Waals surface area (Å²) in [5.41, 5.74) is 5.76. The van der Waals surface area contributed by atoms with Gasteiger partial charge in [0.15, 0.2) is 6.10 Å². The van der Waals surface area contributed by atoms with Crippen LogP contribution in [0.1, 0.15) is 85.5 Å². The number of nitrogens with one attached hydrogen (secondary N) is 2. The number of hydrogen-bond donors (Lipinski definition) is 3. The first kappa shape index (κ1) is 32.6. The van der Waals surface area contributed by atoms with E-state index in [1.54, 1.807) is 4.90 Å². The Kier molecular flexibility index (Phi) is 10.2. The maximum absolute atomic E-state index is 14.4. The molecule has 2 saturated heterocycles. The molecule has 4 bridgehead atoms. The minimum absolute atomic E-state index is 0.00136. The molecule has 5 unspecified atom stereocenters. The SMILES string of the molecule is CCCC(NC(=O)[C@@H]1C[C@@H]2CN1C(=O)[C@H](C1CCCC1)NC(=O)CC1=CC(OCCC(C)(C)O2)C(C)C=C1)C1OC1C(N)=O. The molecule has 0 aromatic carbocycles. The molecule has 4 amide bonds. The fraction of sp³-hybridized carbons (Fsp3) is 0.758. The van der Waals surface area contributed by atoms with Crippen molar-refractivity contribution >= 4 is 23.6 Å². The molecule has 8 atom stereocenters. The number of fused-ring (bicyclic) bond motifs is 3. The van der Waals surface area contributed by atoms with Gasteiger partial charge in [0.1, 0.15) is 18.2 Å². The van der Waals surface area contributed by atoms with Gasteiger partial charge in [-0.25, -0.2) is 0 Å². The number of carbonyl (C=O) groups is 4. The maximum atomic E-state index is 14.4. The van der Waals surface area contributed by atoms with Crippen molar-refractivity contribution in [1.29, 1.82) is 0 Å². The molecule has 11 nitrogen and oxygen atoms in total. The van der Waals surface area contributed by atoms with E-state index in [0.717, 1.165) is 37.7 Å². The van der Waals surface area contributed by atoms with Crippen molar-refractivity contribution in [1.82, 2.24) is 15.5 Å². The van der Waals surface area contributed by atoms with Crippen LogP contribution in [0.5, 0.6) is 0 Å². The minimum Gasteiger partial charge on any atom is -0.373 e. The van der Waals surface area contributed by atoms with Crippen LogP contribution < -0.4 is 16.4 Å². The van der Waals surface area contributed by atoms with E-state index in [2.05, 4.69) is 23.6 Å². The molecule has 0 aromatic rings. The summed E-state index contributed by atoms with van der Waals surface area (Å²) in [6, 6.07) is -1.91. The molecule has 5 aliphatic rings. The van der Waals surface area contributed by atoms with Crippen LogP contribution in [-0.2, 0) is 33.4 Å². The van der Waals surface area contributed by atoms with E-state index in [1.165, 1.54) is 0 Å².